The van der Waals surface area contributed by atoms with Gasteiger partial charge in [0.05, 0.1) is 11.2 Å². The van der Waals surface area contributed by atoms with Crippen molar-refractivity contribution in [3.05, 3.63) is 73.2 Å². The molecule has 0 saturated carbocycles. The molecule has 4 heterocycles. The van der Waals surface area contributed by atoms with Crippen molar-refractivity contribution in [1.82, 2.24) is 20.2 Å². The molecule has 6 heteroatoms. The Morgan fingerprint density at radius 1 is 0.893 bits per heavy atom. The third kappa shape index (κ3) is 3.24. The van der Waals surface area contributed by atoms with Crippen LogP contribution in [0.25, 0.3) is 22.2 Å². The first-order valence-electron chi connectivity index (χ1n) is 9.43. The summed E-state index contributed by atoms with van der Waals surface area (Å²) in [5.74, 6) is 1.53. The van der Waals surface area contributed by atoms with Gasteiger partial charge in [0.25, 0.3) is 0 Å². The number of hydrogen-bond acceptors (Lipinski definition) is 6. The Morgan fingerprint density at radius 3 is 2.57 bits per heavy atom. The maximum Gasteiger partial charge on any atom is 0.151 e. The van der Waals surface area contributed by atoms with E-state index in [1.807, 2.05) is 48.7 Å². The van der Waals surface area contributed by atoms with Crippen molar-refractivity contribution in [3.8, 4) is 11.3 Å². The maximum atomic E-state index is 4.42. The average Bonchev–Trinajstić information content (AvgIpc) is 2.74. The minimum absolute atomic E-state index is 0.591. The number of hydrogen-bond donors (Lipinski definition) is 1. The molecule has 0 unspecified atom stereocenters. The van der Waals surface area contributed by atoms with Crippen LogP contribution in [0.4, 0.5) is 11.5 Å². The highest BCUT2D eigenvalue weighted by Crippen LogP contribution is 2.26. The molecule has 5 rings (SSSR count). The molecule has 0 amide bonds. The number of nitrogens with one attached hydrogen (secondary N) is 1. The van der Waals surface area contributed by atoms with E-state index in [9.17, 15) is 0 Å². The molecular weight excluding hydrogens is 348 g/mol. The minimum Gasteiger partial charge on any atom is -0.384 e. The van der Waals surface area contributed by atoms with Crippen LogP contribution >= 0.6 is 0 Å². The van der Waals surface area contributed by atoms with Crippen LogP contribution in [0.3, 0.4) is 0 Å². The summed E-state index contributed by atoms with van der Waals surface area (Å²) in [5, 5.41) is 13.5. The van der Waals surface area contributed by atoms with Crippen molar-refractivity contribution >= 4 is 22.4 Å². The molecule has 1 aliphatic heterocycles. The van der Waals surface area contributed by atoms with Gasteiger partial charge in [-0.25, -0.2) is 0 Å². The molecule has 0 bridgehead atoms. The second-order valence-electron chi connectivity index (χ2n) is 7.04. The van der Waals surface area contributed by atoms with E-state index in [1.165, 1.54) is 5.39 Å². The van der Waals surface area contributed by atoms with Crippen LogP contribution < -0.4 is 10.2 Å². The number of anilines is 2. The van der Waals surface area contributed by atoms with Gasteiger partial charge >= 0.3 is 0 Å². The Kier molecular flexibility index (Phi) is 4.29. The number of fused-ring (bicyclic) bond motifs is 1. The summed E-state index contributed by atoms with van der Waals surface area (Å²) < 4.78 is 0. The summed E-state index contributed by atoms with van der Waals surface area (Å²) in [5.41, 5.74) is 4.07. The molecule has 0 spiro atoms. The van der Waals surface area contributed by atoms with Crippen LogP contribution in [0.5, 0.6) is 0 Å². The first-order chi connectivity index (χ1) is 13.9. The van der Waals surface area contributed by atoms with Crippen molar-refractivity contribution in [2.24, 2.45) is 5.92 Å². The lowest BCUT2D eigenvalue weighted by atomic mass is 10.00. The van der Waals surface area contributed by atoms with Gasteiger partial charge in [-0.1, -0.05) is 18.2 Å². The largest absolute Gasteiger partial charge is 0.384 e. The molecule has 1 aliphatic rings. The van der Waals surface area contributed by atoms with Gasteiger partial charge in [-0.3, -0.25) is 9.97 Å². The van der Waals surface area contributed by atoms with Gasteiger partial charge in [0.15, 0.2) is 5.82 Å². The van der Waals surface area contributed by atoms with E-state index in [0.29, 0.717) is 5.92 Å². The van der Waals surface area contributed by atoms with Crippen molar-refractivity contribution in [1.29, 1.82) is 0 Å². The summed E-state index contributed by atoms with van der Waals surface area (Å²) in [6.45, 7) is 2.91. The van der Waals surface area contributed by atoms with E-state index < -0.39 is 0 Å². The zero-order chi connectivity index (χ0) is 18.8. The molecule has 138 valence electrons. The molecule has 1 fully saturated rings. The van der Waals surface area contributed by atoms with Crippen molar-refractivity contribution in [3.63, 3.8) is 0 Å². The van der Waals surface area contributed by atoms with Gasteiger partial charge < -0.3 is 10.2 Å². The fraction of sp³-hybridized carbons (Fsp3) is 0.182. The fourth-order valence-corrected chi connectivity index (χ4v) is 3.56. The van der Waals surface area contributed by atoms with E-state index >= 15 is 0 Å². The number of aromatic nitrogens is 4. The quantitative estimate of drug-likeness (QED) is 0.580. The predicted molar refractivity (Wildman–Crippen MR) is 111 cm³/mol. The zero-order valence-corrected chi connectivity index (χ0v) is 15.4. The molecule has 1 N–H and O–H groups in total. The highest BCUT2D eigenvalue weighted by atomic mass is 15.3. The zero-order valence-electron chi connectivity index (χ0n) is 15.4. The normalized spacial score (nSPS) is 14.1. The number of benzene rings is 1. The lowest BCUT2D eigenvalue weighted by molar-refractivity contribution is 0.425. The van der Waals surface area contributed by atoms with Crippen LogP contribution in [0.15, 0.2) is 73.2 Å². The van der Waals surface area contributed by atoms with Gasteiger partial charge in [0, 0.05) is 60.8 Å². The monoisotopic (exact) mass is 368 g/mol. The van der Waals surface area contributed by atoms with Crippen LogP contribution in [-0.4, -0.2) is 39.8 Å². The molecule has 28 heavy (non-hydrogen) atoms. The molecule has 1 saturated heterocycles. The lowest BCUT2D eigenvalue weighted by Crippen LogP contribution is -2.50. The Morgan fingerprint density at radius 2 is 1.75 bits per heavy atom. The predicted octanol–water partition coefficient (Wildman–Crippen LogP) is 3.64. The molecular formula is C22H20N6. The minimum atomic E-state index is 0.591. The van der Waals surface area contributed by atoms with Crippen molar-refractivity contribution < 1.29 is 0 Å². The number of pyridine rings is 2. The summed E-state index contributed by atoms with van der Waals surface area (Å²) in [7, 11) is 0. The van der Waals surface area contributed by atoms with Gasteiger partial charge in [-0.05, 0) is 36.4 Å². The molecule has 6 nitrogen and oxygen atoms in total. The third-order valence-electron chi connectivity index (χ3n) is 5.14. The van der Waals surface area contributed by atoms with E-state index in [4.69, 9.17) is 0 Å². The van der Waals surface area contributed by atoms with Crippen LogP contribution in [0.2, 0.25) is 0 Å². The topological polar surface area (TPSA) is 66.8 Å². The second-order valence-corrected chi connectivity index (χ2v) is 7.04. The van der Waals surface area contributed by atoms with E-state index in [0.717, 1.165) is 47.9 Å². The third-order valence-corrected chi connectivity index (χ3v) is 5.14. The van der Waals surface area contributed by atoms with E-state index in [-0.39, 0.29) is 0 Å². The molecule has 1 aromatic carbocycles. The number of para-hydroxylation sites is 1. The average molecular weight is 368 g/mol. The Bertz CT molecular complexity index is 1070. The Hall–Kier alpha value is -3.54. The molecule has 0 aliphatic carbocycles. The second kappa shape index (κ2) is 7.23. The lowest BCUT2D eigenvalue weighted by Gasteiger charge is -2.40. The Balaban J connectivity index is 1.19. The van der Waals surface area contributed by atoms with Crippen LogP contribution in [0.1, 0.15) is 0 Å². The van der Waals surface area contributed by atoms with Gasteiger partial charge in [0.2, 0.25) is 0 Å². The SMILES string of the molecule is c1ccc2c(NCC3CN(c4ccc(-c5ccncc5)nn4)C3)ccnc2c1. The fourth-order valence-electron chi connectivity index (χ4n) is 3.56. The summed E-state index contributed by atoms with van der Waals surface area (Å²) in [6, 6.07) is 18.2. The molecule has 3 aromatic heterocycles. The van der Waals surface area contributed by atoms with Gasteiger partial charge in [-0.2, -0.15) is 0 Å². The maximum absolute atomic E-state index is 4.42. The Labute approximate surface area is 163 Å². The molecule has 0 radical (unpaired) electrons. The first kappa shape index (κ1) is 16.6. The molecule has 4 aromatic rings. The highest BCUT2D eigenvalue weighted by molar-refractivity contribution is 5.90. The van der Waals surface area contributed by atoms with Gasteiger partial charge in [0.1, 0.15) is 0 Å². The summed E-state index contributed by atoms with van der Waals surface area (Å²) in [6.07, 6.45) is 5.39. The number of rotatable bonds is 5. The van der Waals surface area contributed by atoms with Crippen molar-refractivity contribution in [2.45, 2.75) is 0 Å². The first-order valence-corrected chi connectivity index (χ1v) is 9.43. The van der Waals surface area contributed by atoms with Gasteiger partial charge in [-0.15, -0.1) is 10.2 Å². The molecule has 0 atom stereocenters. The smallest absolute Gasteiger partial charge is 0.151 e. The highest BCUT2D eigenvalue weighted by Gasteiger charge is 2.27. The summed E-state index contributed by atoms with van der Waals surface area (Å²) >= 11 is 0. The number of nitrogens with zero attached hydrogens (tertiary/aromatic N) is 5. The van der Waals surface area contributed by atoms with E-state index in [2.05, 4.69) is 42.5 Å². The van der Waals surface area contributed by atoms with Crippen molar-refractivity contribution in [2.75, 3.05) is 29.9 Å². The van der Waals surface area contributed by atoms with Crippen LogP contribution in [-0.2, 0) is 0 Å². The van der Waals surface area contributed by atoms with Crippen LogP contribution in [0, 0.1) is 5.92 Å². The summed E-state index contributed by atoms with van der Waals surface area (Å²) in [4.78, 5) is 10.7. The standard InChI is InChI=1S/C22H20N6/c1-2-4-20-18(3-1)21(9-12-24-20)25-13-16-14-28(15-16)22-6-5-19(26-27-22)17-7-10-23-11-8-17/h1-12,16H,13-15H2,(H,24,25). The van der Waals surface area contributed by atoms with E-state index in [1.54, 1.807) is 12.4 Å².